The van der Waals surface area contributed by atoms with E-state index in [9.17, 15) is 18.0 Å². The van der Waals surface area contributed by atoms with Gasteiger partial charge in [-0.05, 0) is 53.9 Å². The van der Waals surface area contributed by atoms with Crippen LogP contribution in [0, 0.1) is 20.8 Å². The number of rotatable bonds is 4. The maximum absolute atomic E-state index is 12.8. The minimum Gasteiger partial charge on any atom is -0.326 e. The summed E-state index contributed by atoms with van der Waals surface area (Å²) in [6, 6.07) is 5.69. The van der Waals surface area contributed by atoms with E-state index < -0.39 is 11.9 Å². The average Bonchev–Trinajstić information content (AvgIpc) is 2.77. The van der Waals surface area contributed by atoms with Crippen LogP contribution in [0.1, 0.15) is 28.9 Å². The summed E-state index contributed by atoms with van der Waals surface area (Å²) in [6.45, 7) is 5.38. The second-order valence-corrected chi connectivity index (χ2v) is 6.38. The second-order valence-electron chi connectivity index (χ2n) is 5.59. The number of benzene rings is 1. The lowest BCUT2D eigenvalue weighted by molar-refractivity contribution is -0.142. The Morgan fingerprint density at radius 2 is 1.96 bits per heavy atom. The Morgan fingerprint density at radius 1 is 1.29 bits per heavy atom. The molecule has 0 fully saturated rings. The van der Waals surface area contributed by atoms with Gasteiger partial charge in [0.15, 0.2) is 5.69 Å². The molecule has 0 aliphatic heterocycles. The molecule has 0 atom stereocenters. The number of amides is 1. The Kier molecular flexibility index (Phi) is 5.37. The van der Waals surface area contributed by atoms with Crippen LogP contribution in [0.2, 0.25) is 0 Å². The fraction of sp³-hybridized carbons (Fsp3) is 0.375. The van der Waals surface area contributed by atoms with Crippen molar-refractivity contribution in [3.63, 3.8) is 0 Å². The van der Waals surface area contributed by atoms with Gasteiger partial charge in [-0.3, -0.25) is 9.48 Å². The van der Waals surface area contributed by atoms with E-state index in [2.05, 4.69) is 26.3 Å². The number of anilines is 1. The summed E-state index contributed by atoms with van der Waals surface area (Å²) < 4.78 is 39.6. The molecule has 130 valence electrons. The van der Waals surface area contributed by atoms with E-state index in [0.29, 0.717) is 11.4 Å². The van der Waals surface area contributed by atoms with E-state index in [-0.39, 0.29) is 23.3 Å². The van der Waals surface area contributed by atoms with Gasteiger partial charge in [0, 0.05) is 12.1 Å². The lowest BCUT2D eigenvalue weighted by atomic mass is 10.1. The Bertz CT molecular complexity index is 769. The number of nitrogens with zero attached hydrogens (tertiary/aromatic N) is 2. The minimum absolute atomic E-state index is 0.0274. The molecule has 0 saturated heterocycles. The van der Waals surface area contributed by atoms with Crippen molar-refractivity contribution in [1.82, 2.24) is 9.78 Å². The molecule has 0 saturated carbocycles. The molecule has 0 bridgehead atoms. The zero-order valence-electron chi connectivity index (χ0n) is 13.5. The largest absolute Gasteiger partial charge is 0.436 e. The molecule has 0 aliphatic rings. The van der Waals surface area contributed by atoms with Crippen LogP contribution in [0.3, 0.4) is 0 Å². The van der Waals surface area contributed by atoms with Crippen molar-refractivity contribution in [2.75, 3.05) is 5.32 Å². The van der Waals surface area contributed by atoms with E-state index in [1.54, 1.807) is 0 Å². The van der Waals surface area contributed by atoms with Gasteiger partial charge in [0.2, 0.25) is 5.91 Å². The topological polar surface area (TPSA) is 46.9 Å². The molecule has 0 aliphatic carbocycles. The van der Waals surface area contributed by atoms with Crippen molar-refractivity contribution in [1.29, 1.82) is 0 Å². The molecular weight excluding hydrogens is 387 g/mol. The highest BCUT2D eigenvalue weighted by molar-refractivity contribution is 9.10. The second kappa shape index (κ2) is 6.96. The quantitative estimate of drug-likeness (QED) is 0.809. The molecular formula is C16H17BrF3N3O. The fourth-order valence-corrected chi connectivity index (χ4v) is 2.72. The maximum atomic E-state index is 12.8. The monoisotopic (exact) mass is 403 g/mol. The summed E-state index contributed by atoms with van der Waals surface area (Å²) in [5, 5.41) is 6.33. The molecule has 24 heavy (non-hydrogen) atoms. The van der Waals surface area contributed by atoms with Crippen LogP contribution in [0.5, 0.6) is 0 Å². The SMILES string of the molecule is Cc1ccc(C)c(NC(=O)CCn2nc(C(F)(F)F)c(Br)c2C)c1. The van der Waals surface area contributed by atoms with Gasteiger partial charge < -0.3 is 5.32 Å². The maximum Gasteiger partial charge on any atom is 0.436 e. The summed E-state index contributed by atoms with van der Waals surface area (Å²) in [5.74, 6) is -0.275. The Balaban J connectivity index is 2.06. The third-order valence-corrected chi connectivity index (χ3v) is 4.57. The summed E-state index contributed by atoms with van der Waals surface area (Å²) in [4.78, 5) is 12.1. The first-order chi connectivity index (χ1) is 11.1. The zero-order valence-corrected chi connectivity index (χ0v) is 15.0. The standard InChI is InChI=1S/C16H17BrF3N3O/c1-9-4-5-10(2)12(8-9)21-13(24)6-7-23-11(3)14(17)15(22-23)16(18,19)20/h4-5,8H,6-7H2,1-3H3,(H,21,24). The number of halogens is 4. The average molecular weight is 404 g/mol. The lowest BCUT2D eigenvalue weighted by Crippen LogP contribution is -2.16. The van der Waals surface area contributed by atoms with Gasteiger partial charge in [-0.15, -0.1) is 0 Å². The lowest BCUT2D eigenvalue weighted by Gasteiger charge is -2.10. The highest BCUT2D eigenvalue weighted by Gasteiger charge is 2.37. The third-order valence-electron chi connectivity index (χ3n) is 3.62. The van der Waals surface area contributed by atoms with Gasteiger partial charge in [0.1, 0.15) is 0 Å². The molecule has 4 nitrogen and oxygen atoms in total. The highest BCUT2D eigenvalue weighted by atomic mass is 79.9. The Morgan fingerprint density at radius 3 is 2.54 bits per heavy atom. The normalized spacial score (nSPS) is 11.6. The van der Waals surface area contributed by atoms with Gasteiger partial charge in [-0.2, -0.15) is 18.3 Å². The molecule has 2 aromatic rings. The Labute approximate surface area is 146 Å². The first-order valence-electron chi connectivity index (χ1n) is 7.27. The highest BCUT2D eigenvalue weighted by Crippen LogP contribution is 2.35. The first kappa shape index (κ1) is 18.5. The molecule has 2 rings (SSSR count). The number of hydrogen-bond donors (Lipinski definition) is 1. The number of hydrogen-bond acceptors (Lipinski definition) is 2. The van der Waals surface area contributed by atoms with Gasteiger partial charge in [0.25, 0.3) is 0 Å². The van der Waals surface area contributed by atoms with Crippen LogP contribution in [0.4, 0.5) is 18.9 Å². The molecule has 8 heteroatoms. The molecule has 1 aromatic carbocycles. The number of aromatic nitrogens is 2. The molecule has 1 aromatic heterocycles. The number of carbonyl (C=O) groups is 1. The van der Waals surface area contributed by atoms with Gasteiger partial charge >= 0.3 is 6.18 Å². The van der Waals surface area contributed by atoms with E-state index >= 15 is 0 Å². The van der Waals surface area contributed by atoms with Crippen molar-refractivity contribution in [3.05, 3.63) is 45.2 Å². The number of carbonyl (C=O) groups excluding carboxylic acids is 1. The van der Waals surface area contributed by atoms with Gasteiger partial charge in [-0.25, -0.2) is 0 Å². The van der Waals surface area contributed by atoms with Crippen molar-refractivity contribution in [2.24, 2.45) is 0 Å². The third kappa shape index (κ3) is 4.17. The first-order valence-corrected chi connectivity index (χ1v) is 8.06. The van der Waals surface area contributed by atoms with Crippen molar-refractivity contribution in [2.45, 2.75) is 39.9 Å². The summed E-state index contributed by atoms with van der Waals surface area (Å²) in [5.41, 5.74) is 2.00. The van der Waals surface area contributed by atoms with Crippen LogP contribution in [-0.2, 0) is 17.5 Å². The summed E-state index contributed by atoms with van der Waals surface area (Å²) in [6.07, 6.45) is -4.50. The van der Waals surface area contributed by atoms with Crippen LogP contribution in [0.15, 0.2) is 22.7 Å². The fourth-order valence-electron chi connectivity index (χ4n) is 2.21. The molecule has 1 heterocycles. The summed E-state index contributed by atoms with van der Waals surface area (Å²) in [7, 11) is 0. The van der Waals surface area contributed by atoms with Crippen LogP contribution in [-0.4, -0.2) is 15.7 Å². The predicted octanol–water partition coefficient (Wildman–Crippen LogP) is 4.62. The van der Waals surface area contributed by atoms with Crippen molar-refractivity contribution in [3.8, 4) is 0 Å². The smallest absolute Gasteiger partial charge is 0.326 e. The Hall–Kier alpha value is -1.83. The number of alkyl halides is 3. The van der Waals surface area contributed by atoms with E-state index in [1.807, 2.05) is 32.0 Å². The molecule has 0 radical (unpaired) electrons. The molecule has 0 unspecified atom stereocenters. The molecule has 1 N–H and O–H groups in total. The van der Waals surface area contributed by atoms with Crippen molar-refractivity contribution < 1.29 is 18.0 Å². The minimum atomic E-state index is -4.53. The number of aryl methyl sites for hydroxylation is 3. The van der Waals surface area contributed by atoms with Crippen LogP contribution >= 0.6 is 15.9 Å². The van der Waals surface area contributed by atoms with Crippen LogP contribution < -0.4 is 5.32 Å². The van der Waals surface area contributed by atoms with Crippen molar-refractivity contribution >= 4 is 27.5 Å². The predicted molar refractivity (Wildman–Crippen MR) is 88.8 cm³/mol. The van der Waals surface area contributed by atoms with E-state index in [4.69, 9.17) is 0 Å². The van der Waals surface area contributed by atoms with Gasteiger partial charge in [0.05, 0.1) is 16.7 Å². The molecule has 1 amide bonds. The number of nitrogens with one attached hydrogen (secondary N) is 1. The molecule has 0 spiro atoms. The zero-order chi connectivity index (χ0) is 18.1. The van der Waals surface area contributed by atoms with E-state index in [1.165, 1.54) is 11.6 Å². The summed E-state index contributed by atoms with van der Waals surface area (Å²) >= 11 is 2.91. The van der Waals surface area contributed by atoms with E-state index in [0.717, 1.165) is 11.1 Å². The van der Waals surface area contributed by atoms with Gasteiger partial charge in [-0.1, -0.05) is 12.1 Å². The van der Waals surface area contributed by atoms with Crippen LogP contribution in [0.25, 0.3) is 0 Å².